The predicted molar refractivity (Wildman–Crippen MR) is 104 cm³/mol. The molecule has 2 amide bonds. The van der Waals surface area contributed by atoms with E-state index in [0.717, 1.165) is 27.7 Å². The number of hydrogen-bond acceptors (Lipinski definition) is 3. The molecule has 0 aliphatic carbocycles. The van der Waals surface area contributed by atoms with Crippen LogP contribution in [0.15, 0.2) is 40.9 Å². The van der Waals surface area contributed by atoms with Gasteiger partial charge in [0.1, 0.15) is 18.5 Å². The number of benzene rings is 2. The highest BCUT2D eigenvalue weighted by atomic mass is 79.9. The number of aliphatic hydroxyl groups excluding tert-OH is 1. The van der Waals surface area contributed by atoms with Crippen molar-refractivity contribution in [1.29, 1.82) is 0 Å². The van der Waals surface area contributed by atoms with E-state index in [1.165, 1.54) is 12.1 Å². The molecule has 5 nitrogen and oxygen atoms in total. The lowest BCUT2D eigenvalue weighted by molar-refractivity contribution is -0.137. The molecule has 2 aromatic carbocycles. The molecular formula is C19H20BrF3N2O3. The number of amides is 2. The Bertz CT molecular complexity index is 820. The summed E-state index contributed by atoms with van der Waals surface area (Å²) in [5.74, 6) is -0.0144. The number of alkyl halides is 3. The van der Waals surface area contributed by atoms with Gasteiger partial charge >= 0.3 is 12.2 Å². The highest BCUT2D eigenvalue weighted by Gasteiger charge is 2.30. The van der Waals surface area contributed by atoms with Gasteiger partial charge in [-0.2, -0.15) is 13.2 Å². The quantitative estimate of drug-likeness (QED) is 0.587. The number of urea groups is 1. The summed E-state index contributed by atoms with van der Waals surface area (Å²) in [4.78, 5) is 12.0. The van der Waals surface area contributed by atoms with Crippen molar-refractivity contribution in [3.8, 4) is 5.75 Å². The van der Waals surface area contributed by atoms with E-state index in [2.05, 4.69) is 26.6 Å². The number of halogens is 4. The second-order valence-electron chi connectivity index (χ2n) is 6.24. The summed E-state index contributed by atoms with van der Waals surface area (Å²) in [7, 11) is 0. The van der Waals surface area contributed by atoms with Gasteiger partial charge in [-0.3, -0.25) is 0 Å². The zero-order valence-corrected chi connectivity index (χ0v) is 16.8. The number of rotatable bonds is 6. The molecule has 0 heterocycles. The molecule has 0 aliphatic rings. The largest absolute Gasteiger partial charge is 0.491 e. The fourth-order valence-corrected chi connectivity index (χ4v) is 3.18. The second-order valence-corrected chi connectivity index (χ2v) is 7.16. The third kappa shape index (κ3) is 6.42. The fraction of sp³-hybridized carbons (Fsp3) is 0.316. The summed E-state index contributed by atoms with van der Waals surface area (Å²) in [6.45, 7) is 3.31. The summed E-state index contributed by atoms with van der Waals surface area (Å²) in [6.07, 6.45) is -5.56. The minimum atomic E-state index is -4.47. The lowest BCUT2D eigenvalue weighted by atomic mass is 10.1. The van der Waals surface area contributed by atoms with Crippen LogP contribution in [0.3, 0.4) is 0 Å². The van der Waals surface area contributed by atoms with Crippen LogP contribution in [0.1, 0.15) is 16.7 Å². The number of aryl methyl sites for hydroxylation is 2. The molecule has 1 unspecified atom stereocenters. The molecule has 1 atom stereocenters. The molecule has 0 fully saturated rings. The van der Waals surface area contributed by atoms with E-state index in [4.69, 9.17) is 4.74 Å². The maximum atomic E-state index is 12.7. The zero-order valence-electron chi connectivity index (χ0n) is 15.2. The molecule has 0 spiro atoms. The number of carbonyl (C=O) groups excluding carboxylic acids is 1. The van der Waals surface area contributed by atoms with Crippen molar-refractivity contribution in [1.82, 2.24) is 5.32 Å². The van der Waals surface area contributed by atoms with Crippen LogP contribution in [0.4, 0.5) is 23.7 Å². The molecule has 2 aromatic rings. The second kappa shape index (κ2) is 9.29. The third-order valence-electron chi connectivity index (χ3n) is 3.84. The molecule has 0 bridgehead atoms. The topological polar surface area (TPSA) is 70.6 Å². The molecule has 0 saturated carbocycles. The Morgan fingerprint density at radius 1 is 1.21 bits per heavy atom. The molecule has 9 heteroatoms. The van der Waals surface area contributed by atoms with Gasteiger partial charge < -0.3 is 20.5 Å². The van der Waals surface area contributed by atoms with E-state index in [1.807, 2.05) is 26.0 Å². The monoisotopic (exact) mass is 460 g/mol. The van der Waals surface area contributed by atoms with Gasteiger partial charge in [0.15, 0.2) is 0 Å². The Hall–Kier alpha value is -2.26. The summed E-state index contributed by atoms with van der Waals surface area (Å²) in [5, 5.41) is 15.1. The lowest BCUT2D eigenvalue weighted by Crippen LogP contribution is -2.38. The maximum Gasteiger partial charge on any atom is 0.416 e. The van der Waals surface area contributed by atoms with Crippen molar-refractivity contribution in [2.45, 2.75) is 26.1 Å². The number of ether oxygens (including phenoxy) is 1. The van der Waals surface area contributed by atoms with Gasteiger partial charge in [0, 0.05) is 16.7 Å². The van der Waals surface area contributed by atoms with Crippen LogP contribution in [0.25, 0.3) is 0 Å². The molecule has 2 rings (SSSR count). The highest BCUT2D eigenvalue weighted by molar-refractivity contribution is 9.10. The van der Waals surface area contributed by atoms with Crippen LogP contribution in [-0.4, -0.2) is 30.4 Å². The molecule has 0 radical (unpaired) electrons. The maximum absolute atomic E-state index is 12.7. The molecular weight excluding hydrogens is 441 g/mol. The van der Waals surface area contributed by atoms with E-state index in [0.29, 0.717) is 5.69 Å². The number of carbonyl (C=O) groups is 1. The van der Waals surface area contributed by atoms with Crippen molar-refractivity contribution in [3.63, 3.8) is 0 Å². The van der Waals surface area contributed by atoms with Gasteiger partial charge in [-0.15, -0.1) is 0 Å². The van der Waals surface area contributed by atoms with Gasteiger partial charge in [-0.25, -0.2) is 4.79 Å². The smallest absolute Gasteiger partial charge is 0.416 e. The first-order valence-corrected chi connectivity index (χ1v) is 9.15. The van der Waals surface area contributed by atoms with E-state index in [9.17, 15) is 23.1 Å². The lowest BCUT2D eigenvalue weighted by Gasteiger charge is -2.16. The van der Waals surface area contributed by atoms with E-state index in [1.54, 1.807) is 0 Å². The van der Waals surface area contributed by atoms with Crippen molar-refractivity contribution in [3.05, 3.63) is 57.6 Å². The Morgan fingerprint density at radius 2 is 1.86 bits per heavy atom. The van der Waals surface area contributed by atoms with Gasteiger partial charge in [0.05, 0.1) is 5.56 Å². The molecule has 0 saturated heterocycles. The minimum Gasteiger partial charge on any atom is -0.491 e. The SMILES string of the molecule is Cc1cc(Br)cc(C)c1NC(=O)NCC(O)COc1cccc(C(F)(F)F)c1. The molecule has 0 aromatic heterocycles. The van der Waals surface area contributed by atoms with E-state index < -0.39 is 23.9 Å². The first kappa shape index (κ1) is 22.0. The molecule has 0 aliphatic heterocycles. The summed E-state index contributed by atoms with van der Waals surface area (Å²) < 4.78 is 44.1. The highest BCUT2D eigenvalue weighted by Crippen LogP contribution is 2.31. The van der Waals surface area contributed by atoms with Gasteiger partial charge in [-0.1, -0.05) is 22.0 Å². The molecule has 28 heavy (non-hydrogen) atoms. The first-order valence-electron chi connectivity index (χ1n) is 8.36. The van der Waals surface area contributed by atoms with Crippen molar-refractivity contribution < 1.29 is 27.8 Å². The summed E-state index contributed by atoms with van der Waals surface area (Å²) in [5.41, 5.74) is 1.57. The Kier molecular flexibility index (Phi) is 7.31. The Labute approximate surface area is 169 Å². The number of nitrogens with one attached hydrogen (secondary N) is 2. The summed E-state index contributed by atoms with van der Waals surface area (Å²) in [6, 6.07) is 7.58. The zero-order chi connectivity index (χ0) is 20.9. The van der Waals surface area contributed by atoms with Crippen molar-refractivity contribution in [2.24, 2.45) is 0 Å². The first-order chi connectivity index (χ1) is 13.1. The normalized spacial score (nSPS) is 12.4. The van der Waals surface area contributed by atoms with Crippen LogP contribution < -0.4 is 15.4 Å². The average Bonchev–Trinajstić information content (AvgIpc) is 2.60. The third-order valence-corrected chi connectivity index (χ3v) is 4.30. The van der Waals surface area contributed by atoms with E-state index >= 15 is 0 Å². The van der Waals surface area contributed by atoms with Crippen LogP contribution in [0.2, 0.25) is 0 Å². The number of anilines is 1. The van der Waals surface area contributed by atoms with Gasteiger partial charge in [0.25, 0.3) is 0 Å². The fourth-order valence-electron chi connectivity index (χ4n) is 2.49. The Morgan fingerprint density at radius 3 is 2.46 bits per heavy atom. The minimum absolute atomic E-state index is 0.0144. The van der Waals surface area contributed by atoms with E-state index in [-0.39, 0.29) is 18.9 Å². The van der Waals surface area contributed by atoms with Crippen LogP contribution in [-0.2, 0) is 6.18 Å². The molecule has 3 N–H and O–H groups in total. The van der Waals surface area contributed by atoms with Crippen molar-refractivity contribution >= 4 is 27.6 Å². The number of hydrogen-bond donors (Lipinski definition) is 3. The van der Waals surface area contributed by atoms with Gasteiger partial charge in [-0.05, 0) is 55.3 Å². The van der Waals surface area contributed by atoms with Crippen LogP contribution in [0.5, 0.6) is 5.75 Å². The summed E-state index contributed by atoms with van der Waals surface area (Å²) >= 11 is 3.38. The Balaban J connectivity index is 1.83. The average molecular weight is 461 g/mol. The predicted octanol–water partition coefficient (Wildman–Crippen LogP) is 4.65. The number of aliphatic hydroxyl groups is 1. The standard InChI is InChI=1S/C19H20BrF3N2O3/c1-11-6-14(20)7-12(2)17(11)25-18(27)24-9-15(26)10-28-16-5-3-4-13(8-16)19(21,22)23/h3-8,15,26H,9-10H2,1-2H3,(H2,24,25,27). The molecule has 152 valence electrons. The van der Waals surface area contributed by atoms with Crippen LogP contribution >= 0.6 is 15.9 Å². The van der Waals surface area contributed by atoms with Crippen LogP contribution in [0, 0.1) is 13.8 Å². The van der Waals surface area contributed by atoms with Crippen molar-refractivity contribution in [2.75, 3.05) is 18.5 Å². The van der Waals surface area contributed by atoms with Gasteiger partial charge in [0.2, 0.25) is 0 Å².